The van der Waals surface area contributed by atoms with Gasteiger partial charge in [-0.05, 0) is 56.0 Å². The average molecular weight is 480 g/mol. The number of nitrogens with zero attached hydrogens (tertiary/aromatic N) is 4. The highest BCUT2D eigenvalue weighted by Gasteiger charge is 2.19. The first-order valence-corrected chi connectivity index (χ1v) is 12.8. The Balaban J connectivity index is 1.13. The third kappa shape index (κ3) is 7.01. The summed E-state index contributed by atoms with van der Waals surface area (Å²) in [4.78, 5) is 26.1. The molecule has 0 spiro atoms. The molecule has 1 N–H and O–H groups in total. The summed E-state index contributed by atoms with van der Waals surface area (Å²) in [5.74, 6) is 1.98. The van der Waals surface area contributed by atoms with E-state index in [4.69, 9.17) is 4.74 Å². The first-order valence-electron chi connectivity index (χ1n) is 11.9. The number of hydrogen-bond donors (Lipinski definition) is 1. The van der Waals surface area contributed by atoms with Crippen molar-refractivity contribution in [2.45, 2.75) is 39.7 Å². The third-order valence-corrected chi connectivity index (χ3v) is 6.74. The zero-order valence-corrected chi connectivity index (χ0v) is 20.8. The fourth-order valence-corrected chi connectivity index (χ4v) is 4.67. The van der Waals surface area contributed by atoms with Crippen LogP contribution < -0.4 is 15.0 Å². The minimum Gasteiger partial charge on any atom is -0.493 e. The molecule has 0 bridgehead atoms. The zero-order valence-electron chi connectivity index (χ0n) is 20.0. The summed E-state index contributed by atoms with van der Waals surface area (Å²) >= 11 is 1.49. The molecule has 4 rings (SSSR count). The van der Waals surface area contributed by atoms with Gasteiger partial charge in [0.15, 0.2) is 5.13 Å². The number of benzene rings is 1. The Kier molecular flexibility index (Phi) is 8.49. The number of aromatic nitrogens is 2. The van der Waals surface area contributed by atoms with Crippen LogP contribution in [0.5, 0.6) is 5.75 Å². The molecule has 180 valence electrons. The molecule has 3 heterocycles. The van der Waals surface area contributed by atoms with Crippen LogP contribution in [0, 0.1) is 13.8 Å². The summed E-state index contributed by atoms with van der Waals surface area (Å²) in [6.07, 6.45) is 3.94. The Morgan fingerprint density at radius 2 is 1.97 bits per heavy atom. The highest BCUT2D eigenvalue weighted by Crippen LogP contribution is 2.21. The Hall–Kier alpha value is -2.97. The van der Waals surface area contributed by atoms with Gasteiger partial charge in [-0.15, -0.1) is 11.3 Å². The lowest BCUT2D eigenvalue weighted by Gasteiger charge is -2.35. The largest absolute Gasteiger partial charge is 0.493 e. The van der Waals surface area contributed by atoms with E-state index in [1.54, 1.807) is 0 Å². The topological polar surface area (TPSA) is 70.6 Å². The van der Waals surface area contributed by atoms with Gasteiger partial charge >= 0.3 is 0 Å². The van der Waals surface area contributed by atoms with Gasteiger partial charge in [0.1, 0.15) is 11.6 Å². The molecule has 8 heteroatoms. The van der Waals surface area contributed by atoms with Crippen LogP contribution in [0.25, 0.3) is 0 Å². The first-order chi connectivity index (χ1) is 16.6. The van der Waals surface area contributed by atoms with Gasteiger partial charge in [0, 0.05) is 50.7 Å². The quantitative estimate of drug-likeness (QED) is 0.426. The predicted molar refractivity (Wildman–Crippen MR) is 138 cm³/mol. The van der Waals surface area contributed by atoms with Gasteiger partial charge in [-0.25, -0.2) is 9.97 Å². The molecule has 1 aromatic carbocycles. The summed E-state index contributed by atoms with van der Waals surface area (Å²) < 4.78 is 5.87. The summed E-state index contributed by atoms with van der Waals surface area (Å²) in [6, 6.07) is 12.2. The molecule has 2 aromatic heterocycles. The van der Waals surface area contributed by atoms with Gasteiger partial charge in [-0.1, -0.05) is 18.2 Å². The summed E-state index contributed by atoms with van der Waals surface area (Å²) in [5.41, 5.74) is 3.33. The number of aryl methyl sites for hydroxylation is 2. The molecule has 3 aromatic rings. The van der Waals surface area contributed by atoms with Gasteiger partial charge < -0.3 is 15.0 Å². The second kappa shape index (κ2) is 11.9. The van der Waals surface area contributed by atoms with E-state index in [1.807, 2.05) is 30.6 Å². The Morgan fingerprint density at radius 1 is 1.12 bits per heavy atom. The standard InChI is InChI=1S/C26H33N5O2S/c1-20-9-10-21(2)23(17-20)33-16-6-4-8-25(32)29-26-28-22(19-34-26)18-30-12-14-31(15-13-30)24-7-3-5-11-27-24/h3,5,7,9-11,17,19H,4,6,8,12-16,18H2,1-2H3,(H,28,29,32). The number of rotatable bonds is 10. The van der Waals surface area contributed by atoms with Gasteiger partial charge in [0.2, 0.25) is 5.91 Å². The number of ether oxygens (including phenoxy) is 1. The van der Waals surface area contributed by atoms with Gasteiger partial charge in [-0.2, -0.15) is 0 Å². The van der Waals surface area contributed by atoms with Crippen LogP contribution in [0.2, 0.25) is 0 Å². The van der Waals surface area contributed by atoms with Crippen molar-refractivity contribution < 1.29 is 9.53 Å². The van der Waals surface area contributed by atoms with Crippen molar-refractivity contribution in [2.75, 3.05) is 43.0 Å². The van der Waals surface area contributed by atoms with Gasteiger partial charge in [0.25, 0.3) is 0 Å². The normalized spacial score (nSPS) is 14.2. The van der Waals surface area contributed by atoms with E-state index in [-0.39, 0.29) is 5.91 Å². The van der Waals surface area contributed by atoms with Crippen molar-refractivity contribution in [1.29, 1.82) is 0 Å². The van der Waals surface area contributed by atoms with Crippen molar-refractivity contribution in [3.05, 3.63) is 64.8 Å². The number of nitrogens with one attached hydrogen (secondary N) is 1. The second-order valence-corrected chi connectivity index (χ2v) is 9.58. The van der Waals surface area contributed by atoms with Crippen molar-refractivity contribution in [2.24, 2.45) is 0 Å². The molecule has 1 saturated heterocycles. The predicted octanol–water partition coefficient (Wildman–Crippen LogP) is 4.66. The number of anilines is 2. The van der Waals surface area contributed by atoms with E-state index < -0.39 is 0 Å². The van der Waals surface area contributed by atoms with E-state index in [0.29, 0.717) is 18.2 Å². The number of unbranched alkanes of at least 4 members (excludes halogenated alkanes) is 1. The fraction of sp³-hybridized carbons (Fsp3) is 0.423. The monoisotopic (exact) mass is 479 g/mol. The number of piperazine rings is 1. The molecular weight excluding hydrogens is 446 g/mol. The van der Waals surface area contributed by atoms with Crippen LogP contribution in [0.4, 0.5) is 10.9 Å². The van der Waals surface area contributed by atoms with Gasteiger partial charge in [0.05, 0.1) is 12.3 Å². The number of pyridine rings is 1. The molecular formula is C26H33N5O2S. The number of carbonyl (C=O) groups excluding carboxylic acids is 1. The second-order valence-electron chi connectivity index (χ2n) is 8.72. The molecule has 7 nitrogen and oxygen atoms in total. The van der Waals surface area contributed by atoms with Crippen LogP contribution in [0.3, 0.4) is 0 Å². The van der Waals surface area contributed by atoms with Crippen molar-refractivity contribution in [3.8, 4) is 5.75 Å². The Morgan fingerprint density at radius 3 is 2.76 bits per heavy atom. The van der Waals surface area contributed by atoms with Crippen molar-refractivity contribution in [3.63, 3.8) is 0 Å². The number of amides is 1. The van der Waals surface area contributed by atoms with Crippen molar-refractivity contribution >= 4 is 28.2 Å². The Bertz CT molecular complexity index is 1060. The van der Waals surface area contributed by atoms with E-state index in [0.717, 1.165) is 68.4 Å². The summed E-state index contributed by atoms with van der Waals surface area (Å²) in [7, 11) is 0. The van der Waals surface area contributed by atoms with Crippen LogP contribution in [0.1, 0.15) is 36.1 Å². The van der Waals surface area contributed by atoms with E-state index in [2.05, 4.69) is 56.3 Å². The van der Waals surface area contributed by atoms with Crippen LogP contribution >= 0.6 is 11.3 Å². The molecule has 1 amide bonds. The maximum absolute atomic E-state index is 12.3. The maximum atomic E-state index is 12.3. The smallest absolute Gasteiger partial charge is 0.226 e. The number of thiazole rings is 1. The highest BCUT2D eigenvalue weighted by atomic mass is 32.1. The van der Waals surface area contributed by atoms with Crippen LogP contribution in [0.15, 0.2) is 48.0 Å². The van der Waals surface area contributed by atoms with E-state index in [1.165, 1.54) is 16.9 Å². The Labute approximate surface area is 205 Å². The number of carbonyl (C=O) groups is 1. The zero-order chi connectivity index (χ0) is 23.8. The SMILES string of the molecule is Cc1ccc(C)c(OCCCCC(=O)Nc2nc(CN3CCN(c4ccccn4)CC3)cs2)c1. The lowest BCUT2D eigenvalue weighted by Crippen LogP contribution is -2.46. The van der Waals surface area contributed by atoms with Gasteiger partial charge in [-0.3, -0.25) is 9.69 Å². The fourth-order valence-electron chi connectivity index (χ4n) is 3.96. The highest BCUT2D eigenvalue weighted by molar-refractivity contribution is 7.13. The molecule has 0 atom stereocenters. The summed E-state index contributed by atoms with van der Waals surface area (Å²) in [6.45, 7) is 9.39. The molecule has 0 radical (unpaired) electrons. The minimum atomic E-state index is 0.0108. The van der Waals surface area contributed by atoms with Crippen LogP contribution in [-0.2, 0) is 11.3 Å². The molecule has 0 unspecified atom stereocenters. The molecule has 1 fully saturated rings. The lowest BCUT2D eigenvalue weighted by atomic mass is 10.1. The van der Waals surface area contributed by atoms with Crippen LogP contribution in [-0.4, -0.2) is 53.6 Å². The average Bonchev–Trinajstić information content (AvgIpc) is 3.28. The molecule has 1 aliphatic rings. The molecule has 0 aliphatic carbocycles. The van der Waals surface area contributed by atoms with E-state index >= 15 is 0 Å². The van der Waals surface area contributed by atoms with E-state index in [9.17, 15) is 4.79 Å². The lowest BCUT2D eigenvalue weighted by molar-refractivity contribution is -0.116. The maximum Gasteiger partial charge on any atom is 0.226 e. The third-order valence-electron chi connectivity index (χ3n) is 5.93. The number of hydrogen-bond acceptors (Lipinski definition) is 7. The molecule has 0 saturated carbocycles. The van der Waals surface area contributed by atoms with Crippen molar-refractivity contribution in [1.82, 2.24) is 14.9 Å². The minimum absolute atomic E-state index is 0.0108. The molecule has 34 heavy (non-hydrogen) atoms. The summed E-state index contributed by atoms with van der Waals surface area (Å²) in [5, 5.41) is 5.67. The first kappa shape index (κ1) is 24.2. The molecule has 1 aliphatic heterocycles.